The van der Waals surface area contributed by atoms with Gasteiger partial charge in [0.15, 0.2) is 0 Å². The fourth-order valence-electron chi connectivity index (χ4n) is 3.62. The lowest BCUT2D eigenvalue weighted by molar-refractivity contribution is -0.126. The summed E-state index contributed by atoms with van der Waals surface area (Å²) in [7, 11) is 1.59. The number of fused-ring (bicyclic) bond motifs is 1. The Bertz CT molecular complexity index is 857. The van der Waals surface area contributed by atoms with E-state index in [2.05, 4.69) is 21.8 Å². The molecule has 0 unspecified atom stereocenters. The van der Waals surface area contributed by atoms with E-state index in [1.54, 1.807) is 19.2 Å². The van der Waals surface area contributed by atoms with Crippen LogP contribution in [-0.2, 0) is 16.1 Å². The predicted octanol–water partition coefficient (Wildman–Crippen LogP) is 2.40. The Balaban J connectivity index is 1.35. The van der Waals surface area contributed by atoms with Gasteiger partial charge < -0.3 is 15.4 Å². The van der Waals surface area contributed by atoms with Crippen LogP contribution in [0, 0.1) is 0 Å². The highest BCUT2D eigenvalue weighted by Crippen LogP contribution is 2.39. The molecule has 1 aliphatic carbocycles. The number of anilines is 1. The monoisotopic (exact) mass is 368 g/mol. The Kier molecular flexibility index (Phi) is 4.83. The lowest BCUT2D eigenvalue weighted by Gasteiger charge is -2.25. The normalized spacial score (nSPS) is 18.6. The largest absolute Gasteiger partial charge is 0.497 e. The molecule has 0 radical (unpaired) electrons. The zero-order valence-corrected chi connectivity index (χ0v) is 15.4. The van der Waals surface area contributed by atoms with Gasteiger partial charge in [-0.15, -0.1) is 0 Å². The van der Waals surface area contributed by atoms with Crippen molar-refractivity contribution in [2.45, 2.75) is 44.1 Å². The number of ether oxygens (including phenoxy) is 1. The Morgan fingerprint density at radius 1 is 1.37 bits per heavy atom. The van der Waals surface area contributed by atoms with E-state index in [4.69, 9.17) is 4.74 Å². The fourth-order valence-corrected chi connectivity index (χ4v) is 3.62. The third-order valence-electron chi connectivity index (χ3n) is 5.21. The maximum Gasteiger partial charge on any atom is 0.228 e. The summed E-state index contributed by atoms with van der Waals surface area (Å²) >= 11 is 0. The van der Waals surface area contributed by atoms with E-state index in [1.807, 2.05) is 16.9 Å². The molecule has 2 heterocycles. The number of methoxy groups -OCH3 is 1. The molecule has 27 heavy (non-hydrogen) atoms. The number of amides is 2. The number of carbonyl (C=O) groups excluding carboxylic acids is 2. The van der Waals surface area contributed by atoms with Crippen LogP contribution in [0.5, 0.6) is 5.75 Å². The third-order valence-corrected chi connectivity index (χ3v) is 5.21. The third kappa shape index (κ3) is 3.82. The molecule has 7 nitrogen and oxygen atoms in total. The highest BCUT2D eigenvalue weighted by atomic mass is 16.5. The molecule has 1 atom stereocenters. The number of benzene rings is 1. The van der Waals surface area contributed by atoms with E-state index in [9.17, 15) is 9.59 Å². The van der Waals surface area contributed by atoms with Crippen LogP contribution in [0.3, 0.4) is 0 Å². The number of nitrogens with one attached hydrogen (secondary N) is 2. The predicted molar refractivity (Wildman–Crippen MR) is 101 cm³/mol. The number of aromatic nitrogens is 2. The summed E-state index contributed by atoms with van der Waals surface area (Å²) < 4.78 is 7.30. The van der Waals surface area contributed by atoms with Gasteiger partial charge >= 0.3 is 0 Å². The van der Waals surface area contributed by atoms with E-state index in [1.165, 1.54) is 18.5 Å². The molecule has 1 aliphatic heterocycles. The Morgan fingerprint density at radius 3 is 3.00 bits per heavy atom. The topological polar surface area (TPSA) is 85.2 Å². The average molecular weight is 368 g/mol. The second kappa shape index (κ2) is 7.42. The van der Waals surface area contributed by atoms with Crippen LogP contribution < -0.4 is 15.4 Å². The van der Waals surface area contributed by atoms with Crippen molar-refractivity contribution in [3.05, 3.63) is 41.7 Å². The van der Waals surface area contributed by atoms with Crippen LogP contribution in [0.2, 0.25) is 0 Å². The number of hydrogen-bond acceptors (Lipinski definition) is 4. The molecular weight excluding hydrogens is 344 g/mol. The minimum Gasteiger partial charge on any atom is -0.497 e. The summed E-state index contributed by atoms with van der Waals surface area (Å²) in [6, 6.07) is 7.47. The number of carbonyl (C=O) groups is 2. The molecule has 1 saturated carbocycles. The van der Waals surface area contributed by atoms with E-state index in [0.717, 1.165) is 18.5 Å². The van der Waals surface area contributed by atoms with Gasteiger partial charge in [-0.1, -0.05) is 0 Å². The number of aryl methyl sites for hydroxylation is 1. The van der Waals surface area contributed by atoms with Gasteiger partial charge in [-0.25, -0.2) is 0 Å². The highest BCUT2D eigenvalue weighted by Gasteiger charge is 2.31. The van der Waals surface area contributed by atoms with E-state index in [-0.39, 0.29) is 18.2 Å². The first-order valence-corrected chi connectivity index (χ1v) is 9.43. The van der Waals surface area contributed by atoms with Crippen molar-refractivity contribution in [2.75, 3.05) is 19.0 Å². The Labute approximate surface area is 158 Å². The zero-order valence-electron chi connectivity index (χ0n) is 15.4. The smallest absolute Gasteiger partial charge is 0.228 e. The number of nitrogens with zero attached hydrogens (tertiary/aromatic N) is 2. The lowest BCUT2D eigenvalue weighted by atomic mass is 9.89. The summed E-state index contributed by atoms with van der Waals surface area (Å²) in [6.45, 7) is 1.34. The van der Waals surface area contributed by atoms with Crippen molar-refractivity contribution in [2.24, 2.45) is 0 Å². The second-order valence-electron chi connectivity index (χ2n) is 7.16. The van der Waals surface area contributed by atoms with Crippen LogP contribution in [0.4, 0.5) is 5.69 Å². The molecule has 2 aromatic rings. The molecule has 1 aromatic heterocycles. The van der Waals surface area contributed by atoms with Crippen LogP contribution >= 0.6 is 0 Å². The van der Waals surface area contributed by atoms with Gasteiger partial charge in [-0.05, 0) is 49.1 Å². The Morgan fingerprint density at radius 2 is 2.22 bits per heavy atom. The molecule has 1 aromatic carbocycles. The maximum atomic E-state index is 12.7. The maximum absolute atomic E-state index is 12.7. The molecule has 2 amide bonds. The van der Waals surface area contributed by atoms with Gasteiger partial charge in [0.1, 0.15) is 5.75 Å². The molecule has 7 heteroatoms. The molecule has 2 N–H and O–H groups in total. The Hall–Kier alpha value is -2.83. The molecular formula is C20H24N4O3. The van der Waals surface area contributed by atoms with E-state index >= 15 is 0 Å². The van der Waals surface area contributed by atoms with Crippen molar-refractivity contribution < 1.29 is 14.3 Å². The van der Waals surface area contributed by atoms with Crippen LogP contribution in [0.25, 0.3) is 0 Å². The quantitative estimate of drug-likeness (QED) is 0.735. The molecule has 2 aliphatic rings. The van der Waals surface area contributed by atoms with Crippen LogP contribution in [0.15, 0.2) is 30.5 Å². The first-order chi connectivity index (χ1) is 13.2. The van der Waals surface area contributed by atoms with Crippen molar-refractivity contribution in [1.29, 1.82) is 0 Å². The van der Waals surface area contributed by atoms with Gasteiger partial charge in [0.05, 0.1) is 13.0 Å². The number of hydrogen-bond donors (Lipinski definition) is 2. The molecule has 0 spiro atoms. The van der Waals surface area contributed by atoms with Crippen molar-refractivity contribution in [3.8, 4) is 5.75 Å². The summed E-state index contributed by atoms with van der Waals surface area (Å²) in [5.74, 6) is 0.583. The second-order valence-corrected chi connectivity index (χ2v) is 7.16. The molecule has 0 bridgehead atoms. The fraction of sp³-hybridized carbons (Fsp3) is 0.450. The van der Waals surface area contributed by atoms with E-state index in [0.29, 0.717) is 23.9 Å². The average Bonchev–Trinajstić information content (AvgIpc) is 3.42. The van der Waals surface area contributed by atoms with Gasteiger partial charge in [0.2, 0.25) is 11.8 Å². The summed E-state index contributed by atoms with van der Waals surface area (Å²) in [6.07, 6.45) is 5.29. The molecule has 0 saturated heterocycles. The minimum atomic E-state index is -0.490. The van der Waals surface area contributed by atoms with Crippen LogP contribution in [0.1, 0.15) is 48.8 Å². The molecule has 4 rings (SSSR count). The molecule has 1 fully saturated rings. The van der Waals surface area contributed by atoms with Gasteiger partial charge in [0.25, 0.3) is 0 Å². The van der Waals surface area contributed by atoms with Crippen LogP contribution in [-0.4, -0.2) is 35.2 Å². The first kappa shape index (κ1) is 17.6. The zero-order chi connectivity index (χ0) is 18.8. The SMILES string of the molecule is COc1ccc2c(c1)[C@H](C(=O)NCCCn1nccc1C1CC1)CC(=O)N2. The van der Waals surface area contributed by atoms with Crippen molar-refractivity contribution in [1.82, 2.24) is 15.1 Å². The van der Waals surface area contributed by atoms with E-state index < -0.39 is 5.92 Å². The van der Waals surface area contributed by atoms with Gasteiger partial charge in [0, 0.05) is 43.0 Å². The molecule has 142 valence electrons. The lowest BCUT2D eigenvalue weighted by Crippen LogP contribution is -2.35. The van der Waals surface area contributed by atoms with Crippen molar-refractivity contribution in [3.63, 3.8) is 0 Å². The summed E-state index contributed by atoms with van der Waals surface area (Å²) in [5.41, 5.74) is 2.78. The number of rotatable bonds is 7. The summed E-state index contributed by atoms with van der Waals surface area (Å²) in [4.78, 5) is 24.7. The highest BCUT2D eigenvalue weighted by molar-refractivity contribution is 6.01. The minimum absolute atomic E-state index is 0.123. The standard InChI is InChI=1S/C20H24N4O3/c1-27-14-5-6-17-15(11-14)16(12-19(25)23-17)20(26)21-8-2-10-24-18(7-9-22-24)13-3-4-13/h5-7,9,11,13,16H,2-4,8,10,12H2,1H3,(H,21,26)(H,23,25)/t16-/m1/s1. The summed E-state index contributed by atoms with van der Waals surface area (Å²) in [5, 5.41) is 10.2. The first-order valence-electron chi connectivity index (χ1n) is 9.43. The van der Waals surface area contributed by atoms with Gasteiger partial charge in [-0.3, -0.25) is 14.3 Å². The van der Waals surface area contributed by atoms with Gasteiger partial charge in [-0.2, -0.15) is 5.10 Å². The van der Waals surface area contributed by atoms with Crippen molar-refractivity contribution >= 4 is 17.5 Å².